The fourth-order valence-electron chi connectivity index (χ4n) is 1.85. The minimum absolute atomic E-state index is 0.554. The summed E-state index contributed by atoms with van der Waals surface area (Å²) < 4.78 is 1.65. The van der Waals surface area contributed by atoms with Gasteiger partial charge in [0, 0.05) is 6.07 Å². The van der Waals surface area contributed by atoms with Crippen molar-refractivity contribution in [1.82, 2.24) is 9.78 Å². The molecule has 5 heteroatoms. The van der Waals surface area contributed by atoms with E-state index in [1.165, 1.54) is 0 Å². The number of benzene rings is 1. The second-order valence-corrected chi connectivity index (χ2v) is 4.95. The summed E-state index contributed by atoms with van der Waals surface area (Å²) >= 11 is 1.62. The number of anilines is 1. The van der Waals surface area contributed by atoms with Crippen molar-refractivity contribution in [2.45, 2.75) is 0 Å². The highest BCUT2D eigenvalue weighted by Crippen LogP contribution is 2.26. The monoisotopic (exact) mass is 266 g/mol. The molecule has 0 radical (unpaired) electrons. The topological polar surface area (TPSA) is 67.6 Å². The van der Waals surface area contributed by atoms with E-state index in [9.17, 15) is 0 Å². The lowest BCUT2D eigenvalue weighted by Crippen LogP contribution is -2.01. The van der Waals surface area contributed by atoms with E-state index >= 15 is 0 Å². The van der Waals surface area contributed by atoms with E-state index in [-0.39, 0.29) is 0 Å². The van der Waals surface area contributed by atoms with Crippen LogP contribution in [-0.4, -0.2) is 9.78 Å². The molecule has 0 atom stereocenters. The zero-order valence-electron chi connectivity index (χ0n) is 9.95. The first-order chi connectivity index (χ1) is 9.28. The predicted octanol–water partition coefficient (Wildman–Crippen LogP) is 3.05. The maximum absolute atomic E-state index is 8.92. The molecule has 0 unspecified atom stereocenters. The van der Waals surface area contributed by atoms with Crippen molar-refractivity contribution in [3.63, 3.8) is 0 Å². The Kier molecular flexibility index (Phi) is 2.78. The van der Waals surface area contributed by atoms with Gasteiger partial charge in [-0.05, 0) is 29.6 Å². The van der Waals surface area contributed by atoms with Crippen LogP contribution in [0.4, 0.5) is 5.82 Å². The van der Waals surface area contributed by atoms with Gasteiger partial charge in [-0.2, -0.15) is 10.4 Å². The van der Waals surface area contributed by atoms with Crippen LogP contribution in [0.1, 0.15) is 5.56 Å². The Balaban J connectivity index is 2.08. The highest BCUT2D eigenvalue weighted by molar-refractivity contribution is 7.13. The van der Waals surface area contributed by atoms with E-state index in [2.05, 4.69) is 11.2 Å². The summed E-state index contributed by atoms with van der Waals surface area (Å²) in [6, 6.07) is 15.1. The minimum Gasteiger partial charge on any atom is -0.384 e. The molecule has 0 bridgehead atoms. The summed E-state index contributed by atoms with van der Waals surface area (Å²) in [6.07, 6.45) is 0. The predicted molar refractivity (Wildman–Crippen MR) is 76.0 cm³/mol. The molecule has 0 fully saturated rings. The maximum Gasteiger partial charge on any atom is 0.127 e. The first-order valence-electron chi connectivity index (χ1n) is 5.68. The summed E-state index contributed by atoms with van der Waals surface area (Å²) in [4.78, 5) is 1.07. The number of hydrogen-bond acceptors (Lipinski definition) is 4. The third-order valence-electron chi connectivity index (χ3n) is 2.73. The maximum atomic E-state index is 8.92. The van der Waals surface area contributed by atoms with Crippen molar-refractivity contribution < 1.29 is 0 Å². The van der Waals surface area contributed by atoms with E-state index in [1.54, 1.807) is 28.2 Å². The molecule has 2 heterocycles. The molecule has 0 amide bonds. The SMILES string of the molecule is N#Cc1cccc(-n2nc(-c3cccs3)cc2N)c1. The van der Waals surface area contributed by atoms with Gasteiger partial charge >= 0.3 is 0 Å². The Morgan fingerprint density at radius 1 is 1.21 bits per heavy atom. The molecule has 2 aromatic heterocycles. The van der Waals surface area contributed by atoms with Crippen molar-refractivity contribution in [2.24, 2.45) is 0 Å². The lowest BCUT2D eigenvalue weighted by Gasteiger charge is -2.03. The smallest absolute Gasteiger partial charge is 0.127 e. The first-order valence-corrected chi connectivity index (χ1v) is 6.56. The summed E-state index contributed by atoms with van der Waals surface area (Å²) in [5.74, 6) is 0.554. The molecule has 0 aliphatic heterocycles. The Morgan fingerprint density at radius 2 is 2.11 bits per heavy atom. The van der Waals surface area contributed by atoms with Gasteiger partial charge in [-0.25, -0.2) is 4.68 Å². The lowest BCUT2D eigenvalue weighted by atomic mass is 10.2. The number of hydrogen-bond donors (Lipinski definition) is 1. The molecule has 4 nitrogen and oxygen atoms in total. The minimum atomic E-state index is 0.554. The number of nitrogens with two attached hydrogens (primary N) is 1. The van der Waals surface area contributed by atoms with Gasteiger partial charge < -0.3 is 5.73 Å². The molecule has 0 saturated heterocycles. The number of nitriles is 1. The normalized spacial score (nSPS) is 10.3. The number of thiophene rings is 1. The van der Waals surface area contributed by atoms with E-state index in [4.69, 9.17) is 11.0 Å². The summed E-state index contributed by atoms with van der Waals surface area (Å²) in [7, 11) is 0. The molecular formula is C14H10N4S. The average Bonchev–Trinajstić information content (AvgIpc) is 3.07. The molecule has 19 heavy (non-hydrogen) atoms. The molecule has 1 aromatic carbocycles. The van der Waals surface area contributed by atoms with Crippen LogP contribution in [0, 0.1) is 11.3 Å². The van der Waals surface area contributed by atoms with E-state index in [1.807, 2.05) is 35.7 Å². The van der Waals surface area contributed by atoms with Gasteiger partial charge in [-0.3, -0.25) is 0 Å². The summed E-state index contributed by atoms with van der Waals surface area (Å²) in [5.41, 5.74) is 8.21. The van der Waals surface area contributed by atoms with Crippen LogP contribution in [0.15, 0.2) is 47.8 Å². The number of aromatic nitrogens is 2. The zero-order valence-corrected chi connectivity index (χ0v) is 10.8. The highest BCUT2D eigenvalue weighted by Gasteiger charge is 2.09. The summed E-state index contributed by atoms with van der Waals surface area (Å²) in [6.45, 7) is 0. The average molecular weight is 266 g/mol. The number of rotatable bonds is 2. The van der Waals surface area contributed by atoms with Gasteiger partial charge in [0.25, 0.3) is 0 Å². The first kappa shape index (κ1) is 11.5. The number of nitrogen functional groups attached to an aromatic ring is 1. The van der Waals surface area contributed by atoms with Crippen LogP contribution >= 0.6 is 11.3 Å². The lowest BCUT2D eigenvalue weighted by molar-refractivity contribution is 0.895. The van der Waals surface area contributed by atoms with Crippen LogP contribution in [0.3, 0.4) is 0 Å². The fraction of sp³-hybridized carbons (Fsp3) is 0. The van der Waals surface area contributed by atoms with Gasteiger partial charge in [0.1, 0.15) is 11.5 Å². The van der Waals surface area contributed by atoms with Crippen LogP contribution in [0.5, 0.6) is 0 Å². The molecule has 2 N–H and O–H groups in total. The van der Waals surface area contributed by atoms with Gasteiger partial charge in [-0.1, -0.05) is 12.1 Å². The molecular weight excluding hydrogens is 256 g/mol. The van der Waals surface area contributed by atoms with Crippen LogP contribution < -0.4 is 5.73 Å². The van der Waals surface area contributed by atoms with Crippen LogP contribution in [0.25, 0.3) is 16.3 Å². The standard InChI is InChI=1S/C14H10N4S/c15-9-10-3-1-4-11(7-10)18-14(16)8-12(17-18)13-5-2-6-19-13/h1-8H,16H2. The van der Waals surface area contributed by atoms with Gasteiger partial charge in [-0.15, -0.1) is 11.3 Å². The van der Waals surface area contributed by atoms with Crippen molar-refractivity contribution in [3.8, 4) is 22.3 Å². The van der Waals surface area contributed by atoms with Crippen molar-refractivity contribution in [1.29, 1.82) is 5.26 Å². The second-order valence-electron chi connectivity index (χ2n) is 4.01. The summed E-state index contributed by atoms with van der Waals surface area (Å²) in [5, 5.41) is 15.4. The number of nitrogens with zero attached hydrogens (tertiary/aromatic N) is 3. The van der Waals surface area contributed by atoms with Crippen molar-refractivity contribution in [2.75, 3.05) is 5.73 Å². The Labute approximate surface area is 114 Å². The Morgan fingerprint density at radius 3 is 2.84 bits per heavy atom. The largest absolute Gasteiger partial charge is 0.384 e. The van der Waals surface area contributed by atoms with Crippen LogP contribution in [-0.2, 0) is 0 Å². The van der Waals surface area contributed by atoms with Gasteiger partial charge in [0.2, 0.25) is 0 Å². The molecule has 0 spiro atoms. The zero-order chi connectivity index (χ0) is 13.2. The Hall–Kier alpha value is -2.58. The van der Waals surface area contributed by atoms with E-state index < -0.39 is 0 Å². The molecule has 0 saturated carbocycles. The third kappa shape index (κ3) is 2.09. The third-order valence-corrected chi connectivity index (χ3v) is 3.62. The highest BCUT2D eigenvalue weighted by atomic mass is 32.1. The molecule has 92 valence electrons. The molecule has 0 aliphatic rings. The molecule has 0 aliphatic carbocycles. The second kappa shape index (κ2) is 4.59. The molecule has 3 aromatic rings. The van der Waals surface area contributed by atoms with E-state index in [0.717, 1.165) is 16.3 Å². The van der Waals surface area contributed by atoms with Crippen molar-refractivity contribution in [3.05, 3.63) is 53.4 Å². The quantitative estimate of drug-likeness (QED) is 0.775. The fourth-order valence-corrected chi connectivity index (χ4v) is 2.54. The van der Waals surface area contributed by atoms with Crippen molar-refractivity contribution >= 4 is 17.2 Å². The molecule has 3 rings (SSSR count). The van der Waals surface area contributed by atoms with Gasteiger partial charge in [0.15, 0.2) is 0 Å². The van der Waals surface area contributed by atoms with E-state index in [0.29, 0.717) is 11.4 Å². The van der Waals surface area contributed by atoms with Gasteiger partial charge in [0.05, 0.1) is 22.2 Å². The van der Waals surface area contributed by atoms with Crippen LogP contribution in [0.2, 0.25) is 0 Å². The Bertz CT molecular complexity index is 750.